The highest BCUT2D eigenvalue weighted by atomic mass is 32.2. The molecule has 0 fully saturated rings. The lowest BCUT2D eigenvalue weighted by Crippen LogP contribution is -2.31. The quantitative estimate of drug-likeness (QED) is 0.611. The molecule has 0 atom stereocenters. The Hall–Kier alpha value is -2.56. The lowest BCUT2D eigenvalue weighted by atomic mass is 10.2. The molecule has 1 amide bonds. The number of carbonyl (C=O) groups is 1. The van der Waals surface area contributed by atoms with Crippen LogP contribution in [0.25, 0.3) is 10.2 Å². The number of anilines is 1. The fourth-order valence-electron chi connectivity index (χ4n) is 2.39. The van der Waals surface area contributed by atoms with Crippen molar-refractivity contribution in [2.24, 2.45) is 0 Å². The van der Waals surface area contributed by atoms with Crippen LogP contribution in [-0.4, -0.2) is 51.4 Å². The molecule has 0 saturated carbocycles. The van der Waals surface area contributed by atoms with Gasteiger partial charge in [-0.15, -0.1) is 0 Å². The molecule has 7 nitrogen and oxygen atoms in total. The lowest BCUT2D eigenvalue weighted by Gasteiger charge is -2.10. The second-order valence-electron chi connectivity index (χ2n) is 6.32. The van der Waals surface area contributed by atoms with Gasteiger partial charge in [-0.05, 0) is 56.6 Å². The van der Waals surface area contributed by atoms with Crippen LogP contribution in [0, 0.1) is 5.82 Å². The van der Waals surface area contributed by atoms with E-state index in [1.807, 2.05) is 19.0 Å². The van der Waals surface area contributed by atoms with Crippen LogP contribution < -0.4 is 10.0 Å². The van der Waals surface area contributed by atoms with E-state index in [1.165, 1.54) is 12.1 Å². The number of nitrogens with zero attached hydrogens (tertiary/aromatic N) is 2. The van der Waals surface area contributed by atoms with E-state index in [2.05, 4.69) is 15.0 Å². The predicted molar refractivity (Wildman–Crippen MR) is 108 cm³/mol. The van der Waals surface area contributed by atoms with Crippen LogP contribution in [0.3, 0.4) is 0 Å². The van der Waals surface area contributed by atoms with E-state index in [-0.39, 0.29) is 15.9 Å². The smallest absolute Gasteiger partial charge is 0.263 e. The first-order chi connectivity index (χ1) is 13.2. The zero-order chi connectivity index (χ0) is 20.3. The van der Waals surface area contributed by atoms with E-state index in [4.69, 9.17) is 0 Å². The number of benzene rings is 2. The van der Waals surface area contributed by atoms with Gasteiger partial charge in [0.1, 0.15) is 5.82 Å². The molecule has 1 aromatic heterocycles. The van der Waals surface area contributed by atoms with Crippen molar-refractivity contribution in [3.63, 3.8) is 0 Å². The van der Waals surface area contributed by atoms with E-state index in [0.717, 1.165) is 30.0 Å². The number of nitrogens with one attached hydrogen (secondary N) is 2. The molecule has 1 heterocycles. The van der Waals surface area contributed by atoms with Gasteiger partial charge in [0.05, 0.1) is 15.1 Å². The number of rotatable bonds is 7. The number of thiazole rings is 1. The normalized spacial score (nSPS) is 11.7. The summed E-state index contributed by atoms with van der Waals surface area (Å²) in [5, 5.41) is 3.00. The first-order valence-electron chi connectivity index (χ1n) is 8.36. The Kier molecular flexibility index (Phi) is 5.92. The summed E-state index contributed by atoms with van der Waals surface area (Å²) < 4.78 is 40.9. The van der Waals surface area contributed by atoms with Gasteiger partial charge in [-0.1, -0.05) is 11.3 Å². The molecule has 2 N–H and O–H groups in total. The Bertz CT molecular complexity index is 1100. The van der Waals surface area contributed by atoms with Gasteiger partial charge in [0.25, 0.3) is 15.9 Å². The minimum Gasteiger partial charge on any atom is -0.351 e. The third-order valence-corrected chi connectivity index (χ3v) is 6.26. The minimum absolute atomic E-state index is 0.0610. The summed E-state index contributed by atoms with van der Waals surface area (Å²) in [6, 6.07) is 9.51. The number of sulfonamides is 1. The third-order valence-electron chi connectivity index (χ3n) is 3.84. The van der Waals surface area contributed by atoms with E-state index >= 15 is 0 Å². The summed E-state index contributed by atoms with van der Waals surface area (Å²) >= 11 is 1.12. The van der Waals surface area contributed by atoms with Crippen molar-refractivity contribution >= 4 is 42.6 Å². The van der Waals surface area contributed by atoms with E-state index in [1.54, 1.807) is 18.2 Å². The van der Waals surface area contributed by atoms with Gasteiger partial charge < -0.3 is 10.2 Å². The van der Waals surface area contributed by atoms with Crippen LogP contribution in [0.2, 0.25) is 0 Å². The molecule has 0 spiro atoms. The average Bonchev–Trinajstić information content (AvgIpc) is 3.02. The molecule has 0 aliphatic carbocycles. The maximum Gasteiger partial charge on any atom is 0.263 e. The third kappa shape index (κ3) is 4.83. The van der Waals surface area contributed by atoms with Crippen LogP contribution in [0.15, 0.2) is 47.4 Å². The highest BCUT2D eigenvalue weighted by Gasteiger charge is 2.17. The molecule has 2 aromatic carbocycles. The van der Waals surface area contributed by atoms with Crippen molar-refractivity contribution in [1.82, 2.24) is 15.2 Å². The summed E-state index contributed by atoms with van der Waals surface area (Å²) in [5.74, 6) is -0.721. The van der Waals surface area contributed by atoms with Crippen molar-refractivity contribution < 1.29 is 17.6 Å². The van der Waals surface area contributed by atoms with Crippen LogP contribution in [0.4, 0.5) is 9.52 Å². The van der Waals surface area contributed by atoms with Gasteiger partial charge in [-0.3, -0.25) is 9.52 Å². The van der Waals surface area contributed by atoms with Gasteiger partial charge in [-0.2, -0.15) is 0 Å². The van der Waals surface area contributed by atoms with Crippen molar-refractivity contribution in [2.75, 3.05) is 31.9 Å². The number of hydrogen-bond acceptors (Lipinski definition) is 6. The van der Waals surface area contributed by atoms with Crippen LogP contribution in [-0.2, 0) is 10.0 Å². The van der Waals surface area contributed by atoms with Crippen molar-refractivity contribution in [3.8, 4) is 0 Å². The second-order valence-corrected chi connectivity index (χ2v) is 9.03. The summed E-state index contributed by atoms with van der Waals surface area (Å²) in [7, 11) is -0.0357. The molecule has 0 bridgehead atoms. The fraction of sp³-hybridized carbons (Fsp3) is 0.222. The molecule has 0 radical (unpaired) electrons. The van der Waals surface area contributed by atoms with E-state index in [9.17, 15) is 17.6 Å². The van der Waals surface area contributed by atoms with Gasteiger partial charge in [-0.25, -0.2) is 17.8 Å². The molecule has 0 aliphatic rings. The largest absolute Gasteiger partial charge is 0.351 e. The molecule has 0 saturated heterocycles. The molecule has 28 heavy (non-hydrogen) atoms. The van der Waals surface area contributed by atoms with Crippen molar-refractivity contribution in [1.29, 1.82) is 0 Å². The van der Waals surface area contributed by atoms with Crippen molar-refractivity contribution in [3.05, 3.63) is 53.8 Å². The Morgan fingerprint density at radius 2 is 1.89 bits per heavy atom. The maximum absolute atomic E-state index is 13.0. The molecule has 148 valence electrons. The number of likely N-dealkylation sites (N-methyl/N-ethyl adjacent to an activating group) is 1. The summed E-state index contributed by atoms with van der Waals surface area (Å²) in [6.07, 6.45) is 0. The predicted octanol–water partition coefficient (Wildman–Crippen LogP) is 2.53. The van der Waals surface area contributed by atoms with Gasteiger partial charge in [0.15, 0.2) is 5.13 Å². The Morgan fingerprint density at radius 1 is 1.18 bits per heavy atom. The molecule has 0 unspecified atom stereocenters. The summed E-state index contributed by atoms with van der Waals surface area (Å²) in [5.41, 5.74) is 1.05. The first-order valence-corrected chi connectivity index (χ1v) is 10.7. The van der Waals surface area contributed by atoms with Gasteiger partial charge in [0.2, 0.25) is 0 Å². The van der Waals surface area contributed by atoms with Gasteiger partial charge >= 0.3 is 0 Å². The average molecular weight is 423 g/mol. The van der Waals surface area contributed by atoms with Crippen LogP contribution in [0.1, 0.15) is 10.4 Å². The minimum atomic E-state index is -3.88. The number of hydrogen-bond donors (Lipinski definition) is 2. The van der Waals surface area contributed by atoms with E-state index < -0.39 is 15.8 Å². The number of fused-ring (bicyclic) bond motifs is 1. The Morgan fingerprint density at radius 3 is 2.57 bits per heavy atom. The molecule has 0 aliphatic heterocycles. The highest BCUT2D eigenvalue weighted by molar-refractivity contribution is 7.93. The summed E-state index contributed by atoms with van der Waals surface area (Å²) in [6.45, 7) is 1.25. The van der Waals surface area contributed by atoms with E-state index in [0.29, 0.717) is 22.3 Å². The number of aromatic nitrogens is 1. The zero-order valence-corrected chi connectivity index (χ0v) is 16.9. The number of carbonyl (C=O) groups excluding carboxylic acids is 1. The Balaban J connectivity index is 1.77. The second kappa shape index (κ2) is 8.21. The van der Waals surface area contributed by atoms with Crippen molar-refractivity contribution in [2.45, 2.75) is 4.90 Å². The standard InChI is InChI=1S/C18H19FN4O3S2/c1-23(2)10-9-20-17(24)12-3-8-15-16(11-12)27-18(21-15)22-28(25,26)14-6-4-13(19)5-7-14/h3-8,11H,9-10H2,1-2H3,(H,20,24)(H,21,22). The van der Waals surface area contributed by atoms with Gasteiger partial charge in [0, 0.05) is 18.7 Å². The topological polar surface area (TPSA) is 91.4 Å². The SMILES string of the molecule is CN(C)CCNC(=O)c1ccc2nc(NS(=O)(=O)c3ccc(F)cc3)sc2c1. The Labute approximate surface area is 166 Å². The number of halogens is 1. The molecular formula is C18H19FN4O3S2. The number of amides is 1. The first kappa shape index (κ1) is 20.2. The molecular weight excluding hydrogens is 403 g/mol. The molecule has 10 heteroatoms. The van der Waals surface area contributed by atoms with Crippen LogP contribution >= 0.6 is 11.3 Å². The molecule has 3 aromatic rings. The zero-order valence-electron chi connectivity index (χ0n) is 15.3. The highest BCUT2D eigenvalue weighted by Crippen LogP contribution is 2.28. The monoisotopic (exact) mass is 422 g/mol. The maximum atomic E-state index is 13.0. The summed E-state index contributed by atoms with van der Waals surface area (Å²) in [4.78, 5) is 18.4. The van der Waals surface area contributed by atoms with Crippen LogP contribution in [0.5, 0.6) is 0 Å². The lowest BCUT2D eigenvalue weighted by molar-refractivity contribution is 0.0951. The fourth-order valence-corrected chi connectivity index (χ4v) is 4.53. The molecule has 3 rings (SSSR count).